The van der Waals surface area contributed by atoms with Crippen LogP contribution >= 0.6 is 11.3 Å². The Balaban J connectivity index is 1.90. The Hall–Kier alpha value is -1.20. The summed E-state index contributed by atoms with van der Waals surface area (Å²) in [6.45, 7) is 5.46. The lowest BCUT2D eigenvalue weighted by atomic mass is 10.1. The lowest BCUT2D eigenvalue weighted by Crippen LogP contribution is -2.34. The molecule has 2 aromatic rings. The smallest absolute Gasteiger partial charge is 0.146 e. The van der Waals surface area contributed by atoms with Crippen LogP contribution in [0.1, 0.15) is 38.9 Å². The molecule has 2 unspecified atom stereocenters. The maximum atomic E-state index is 4.74. The molecular weight excluding hydrogens is 268 g/mol. The van der Waals surface area contributed by atoms with E-state index in [0.29, 0.717) is 12.1 Å². The summed E-state index contributed by atoms with van der Waals surface area (Å²) in [5, 5.41) is 6.40. The van der Waals surface area contributed by atoms with Crippen molar-refractivity contribution in [2.24, 2.45) is 0 Å². The maximum Gasteiger partial charge on any atom is 0.146 e. The van der Waals surface area contributed by atoms with E-state index >= 15 is 0 Å². The maximum absolute atomic E-state index is 4.74. The zero-order valence-corrected chi connectivity index (χ0v) is 13.2. The van der Waals surface area contributed by atoms with E-state index in [9.17, 15) is 0 Å². The van der Waals surface area contributed by atoms with Crippen molar-refractivity contribution in [3.05, 3.63) is 17.3 Å². The second-order valence-electron chi connectivity index (χ2n) is 5.54. The van der Waals surface area contributed by atoms with Gasteiger partial charge in [0.2, 0.25) is 0 Å². The van der Waals surface area contributed by atoms with Crippen LogP contribution in [0, 0.1) is 0 Å². The summed E-state index contributed by atoms with van der Waals surface area (Å²) in [7, 11) is 1.93. The van der Waals surface area contributed by atoms with Crippen LogP contribution in [-0.2, 0) is 6.54 Å². The molecule has 20 heavy (non-hydrogen) atoms. The molecule has 0 saturated carbocycles. The van der Waals surface area contributed by atoms with Gasteiger partial charge in [-0.15, -0.1) is 11.3 Å². The van der Waals surface area contributed by atoms with Crippen molar-refractivity contribution < 1.29 is 0 Å². The Labute approximate surface area is 124 Å². The second kappa shape index (κ2) is 5.66. The van der Waals surface area contributed by atoms with E-state index in [1.807, 2.05) is 7.05 Å². The summed E-state index contributed by atoms with van der Waals surface area (Å²) in [5.41, 5.74) is 0. The number of likely N-dealkylation sites (tertiary alicyclic amines) is 1. The topological polar surface area (TPSA) is 41.1 Å². The summed E-state index contributed by atoms with van der Waals surface area (Å²) in [4.78, 5) is 13.1. The first-order valence-electron chi connectivity index (χ1n) is 7.40. The highest BCUT2D eigenvalue weighted by Crippen LogP contribution is 2.29. The SMILES string of the molecule is CCC1CCC(C)N1Cc1nc(NC)c2ccsc2n1. The van der Waals surface area contributed by atoms with Crippen LogP contribution in [0.5, 0.6) is 0 Å². The molecule has 0 aromatic carbocycles. The second-order valence-corrected chi connectivity index (χ2v) is 6.43. The van der Waals surface area contributed by atoms with Gasteiger partial charge in [0.05, 0.1) is 11.9 Å². The number of fused-ring (bicyclic) bond motifs is 1. The number of nitrogens with zero attached hydrogens (tertiary/aromatic N) is 3. The monoisotopic (exact) mass is 290 g/mol. The van der Waals surface area contributed by atoms with Crippen LogP contribution in [0.25, 0.3) is 10.2 Å². The Morgan fingerprint density at radius 3 is 3.00 bits per heavy atom. The van der Waals surface area contributed by atoms with E-state index in [2.05, 4.69) is 35.5 Å². The zero-order chi connectivity index (χ0) is 14.1. The lowest BCUT2D eigenvalue weighted by molar-refractivity contribution is 0.185. The molecule has 0 spiro atoms. The van der Waals surface area contributed by atoms with Gasteiger partial charge in [-0.3, -0.25) is 4.90 Å². The third-order valence-electron chi connectivity index (χ3n) is 4.36. The summed E-state index contributed by atoms with van der Waals surface area (Å²) < 4.78 is 0. The number of nitrogens with one attached hydrogen (secondary N) is 1. The fourth-order valence-electron chi connectivity index (χ4n) is 3.17. The van der Waals surface area contributed by atoms with E-state index < -0.39 is 0 Å². The summed E-state index contributed by atoms with van der Waals surface area (Å²) >= 11 is 1.69. The van der Waals surface area contributed by atoms with Crippen molar-refractivity contribution in [1.29, 1.82) is 0 Å². The van der Waals surface area contributed by atoms with E-state index in [1.54, 1.807) is 11.3 Å². The van der Waals surface area contributed by atoms with Crippen LogP contribution in [0.4, 0.5) is 5.82 Å². The van der Waals surface area contributed by atoms with E-state index in [4.69, 9.17) is 9.97 Å². The van der Waals surface area contributed by atoms with Gasteiger partial charge in [-0.25, -0.2) is 9.97 Å². The fraction of sp³-hybridized carbons (Fsp3) is 0.600. The molecular formula is C15H22N4S. The highest BCUT2D eigenvalue weighted by atomic mass is 32.1. The molecule has 2 atom stereocenters. The van der Waals surface area contributed by atoms with E-state index in [0.717, 1.165) is 28.4 Å². The average Bonchev–Trinajstić information content (AvgIpc) is 3.05. The number of anilines is 1. The minimum absolute atomic E-state index is 0.639. The number of rotatable bonds is 4. The molecule has 0 radical (unpaired) electrons. The zero-order valence-electron chi connectivity index (χ0n) is 12.4. The molecule has 1 fully saturated rings. The molecule has 1 aliphatic rings. The minimum atomic E-state index is 0.639. The molecule has 1 aliphatic heterocycles. The van der Waals surface area contributed by atoms with Crippen molar-refractivity contribution in [3.63, 3.8) is 0 Å². The average molecular weight is 290 g/mol. The van der Waals surface area contributed by atoms with Crippen molar-refractivity contribution in [2.75, 3.05) is 12.4 Å². The molecule has 0 aliphatic carbocycles. The third kappa shape index (κ3) is 2.40. The van der Waals surface area contributed by atoms with Crippen LogP contribution in [0.2, 0.25) is 0 Å². The Kier molecular flexibility index (Phi) is 3.89. The number of hydrogen-bond acceptors (Lipinski definition) is 5. The molecule has 108 valence electrons. The van der Waals surface area contributed by atoms with Crippen LogP contribution < -0.4 is 5.32 Å². The summed E-state index contributed by atoms with van der Waals surface area (Å²) in [5.74, 6) is 1.89. The molecule has 4 nitrogen and oxygen atoms in total. The minimum Gasteiger partial charge on any atom is -0.372 e. The van der Waals surface area contributed by atoms with Gasteiger partial charge in [0.15, 0.2) is 0 Å². The summed E-state index contributed by atoms with van der Waals surface area (Å²) in [6, 6.07) is 3.41. The third-order valence-corrected chi connectivity index (χ3v) is 5.16. The number of thiophene rings is 1. The van der Waals surface area contributed by atoms with Crippen molar-refractivity contribution in [3.8, 4) is 0 Å². The van der Waals surface area contributed by atoms with Crippen molar-refractivity contribution in [1.82, 2.24) is 14.9 Å². The van der Waals surface area contributed by atoms with E-state index in [1.165, 1.54) is 19.3 Å². The Morgan fingerprint density at radius 1 is 1.40 bits per heavy atom. The van der Waals surface area contributed by atoms with Gasteiger partial charge in [0.25, 0.3) is 0 Å². The van der Waals surface area contributed by atoms with Gasteiger partial charge in [-0.1, -0.05) is 6.92 Å². The molecule has 3 heterocycles. The first kappa shape index (κ1) is 13.8. The van der Waals surface area contributed by atoms with Gasteiger partial charge in [0.1, 0.15) is 16.5 Å². The van der Waals surface area contributed by atoms with Crippen LogP contribution in [-0.4, -0.2) is 34.0 Å². The molecule has 2 aromatic heterocycles. The highest BCUT2D eigenvalue weighted by Gasteiger charge is 2.29. The Bertz CT molecular complexity index is 595. The van der Waals surface area contributed by atoms with Crippen molar-refractivity contribution in [2.45, 2.75) is 51.7 Å². The van der Waals surface area contributed by atoms with Crippen molar-refractivity contribution >= 4 is 27.4 Å². The number of hydrogen-bond donors (Lipinski definition) is 1. The lowest BCUT2D eigenvalue weighted by Gasteiger charge is -2.26. The molecule has 3 rings (SSSR count). The quantitative estimate of drug-likeness (QED) is 0.935. The molecule has 1 saturated heterocycles. The molecule has 0 bridgehead atoms. The van der Waals surface area contributed by atoms with Gasteiger partial charge >= 0.3 is 0 Å². The summed E-state index contributed by atoms with van der Waals surface area (Å²) in [6.07, 6.45) is 3.81. The first-order chi connectivity index (χ1) is 9.72. The van der Waals surface area contributed by atoms with E-state index in [-0.39, 0.29) is 0 Å². The fourth-order valence-corrected chi connectivity index (χ4v) is 3.96. The standard InChI is InChI=1S/C15H22N4S/c1-4-11-6-5-10(2)19(11)9-13-17-14(16-3)12-7-8-20-15(12)18-13/h7-8,10-11H,4-6,9H2,1-3H3,(H,16,17,18). The van der Waals surface area contributed by atoms with Gasteiger partial charge in [-0.2, -0.15) is 0 Å². The predicted octanol–water partition coefficient (Wildman–Crippen LogP) is 3.50. The molecule has 0 amide bonds. The highest BCUT2D eigenvalue weighted by molar-refractivity contribution is 7.16. The van der Waals surface area contributed by atoms with Gasteiger partial charge in [0, 0.05) is 19.1 Å². The van der Waals surface area contributed by atoms with Crippen LogP contribution in [0.3, 0.4) is 0 Å². The van der Waals surface area contributed by atoms with Gasteiger partial charge in [-0.05, 0) is 37.6 Å². The first-order valence-corrected chi connectivity index (χ1v) is 8.28. The predicted molar refractivity (Wildman–Crippen MR) is 85.3 cm³/mol. The number of aromatic nitrogens is 2. The van der Waals surface area contributed by atoms with Crippen LogP contribution in [0.15, 0.2) is 11.4 Å². The Morgan fingerprint density at radius 2 is 2.25 bits per heavy atom. The molecule has 1 N–H and O–H groups in total. The molecule has 5 heteroatoms. The van der Waals surface area contributed by atoms with Gasteiger partial charge < -0.3 is 5.32 Å². The normalized spacial score (nSPS) is 23.6. The largest absolute Gasteiger partial charge is 0.372 e.